The van der Waals surface area contributed by atoms with Crippen LogP contribution < -0.4 is 5.32 Å². The van der Waals surface area contributed by atoms with Gasteiger partial charge >= 0.3 is 0 Å². The first-order chi connectivity index (χ1) is 9.26. The van der Waals surface area contributed by atoms with Crippen molar-refractivity contribution < 1.29 is 14.6 Å². The average molecular weight is 303 g/mol. The van der Waals surface area contributed by atoms with Crippen LogP contribution in [0.2, 0.25) is 5.02 Å². The van der Waals surface area contributed by atoms with Gasteiger partial charge in [0, 0.05) is 38.9 Å². The summed E-state index contributed by atoms with van der Waals surface area (Å²) < 4.78 is 6.74. The molecule has 6 heteroatoms. The van der Waals surface area contributed by atoms with E-state index in [1.165, 1.54) is 0 Å². The number of carbonyl (C=O) groups excluding carboxylic acids is 1. The molecule has 0 aliphatic carbocycles. The number of ether oxygens (including phenoxy) is 1. The Hall–Kier alpha value is -1.04. The normalized spacial score (nSPS) is 14.3. The zero-order valence-electron chi connectivity index (χ0n) is 12.4. The Morgan fingerprint density at radius 2 is 2.25 bits per heavy atom. The van der Waals surface area contributed by atoms with E-state index in [-0.39, 0.29) is 18.5 Å². The third-order valence-corrected chi connectivity index (χ3v) is 3.29. The number of nitrogens with zero attached hydrogens (tertiary/aromatic N) is 1. The molecule has 1 aromatic heterocycles. The molecule has 1 rings (SSSR count). The van der Waals surface area contributed by atoms with Crippen LogP contribution in [0.25, 0.3) is 0 Å². The first-order valence-corrected chi connectivity index (χ1v) is 7.01. The van der Waals surface area contributed by atoms with Gasteiger partial charge in [0.15, 0.2) is 0 Å². The van der Waals surface area contributed by atoms with E-state index in [0.29, 0.717) is 23.7 Å². The predicted octanol–water partition coefficient (Wildman–Crippen LogP) is 2.24. The summed E-state index contributed by atoms with van der Waals surface area (Å²) >= 11 is 5.95. The van der Waals surface area contributed by atoms with Crippen molar-refractivity contribution >= 4 is 17.5 Å². The Kier molecular flexibility index (Phi) is 6.05. The number of amides is 1. The van der Waals surface area contributed by atoms with Gasteiger partial charge in [-0.1, -0.05) is 11.6 Å². The van der Waals surface area contributed by atoms with E-state index in [1.54, 1.807) is 26.3 Å². The molecule has 1 unspecified atom stereocenters. The fourth-order valence-electron chi connectivity index (χ4n) is 1.83. The summed E-state index contributed by atoms with van der Waals surface area (Å²) in [5.74, 6) is -0.247. The SMILES string of the molecule is COCCC(C)(O)CNC(=O)c1cc(Cl)cn1C(C)C. The van der Waals surface area contributed by atoms with Crippen LogP contribution >= 0.6 is 11.6 Å². The number of halogens is 1. The second-order valence-corrected chi connectivity index (χ2v) is 5.90. The van der Waals surface area contributed by atoms with Gasteiger partial charge in [-0.2, -0.15) is 0 Å². The number of methoxy groups -OCH3 is 1. The zero-order valence-corrected chi connectivity index (χ0v) is 13.2. The van der Waals surface area contributed by atoms with Crippen molar-refractivity contribution in [2.45, 2.75) is 38.8 Å². The molecule has 1 aromatic rings. The van der Waals surface area contributed by atoms with Crippen LogP contribution in [0.5, 0.6) is 0 Å². The number of rotatable bonds is 7. The molecule has 20 heavy (non-hydrogen) atoms. The van der Waals surface area contributed by atoms with Crippen LogP contribution in [0.3, 0.4) is 0 Å². The lowest BCUT2D eigenvalue weighted by atomic mass is 10.0. The van der Waals surface area contributed by atoms with Crippen LogP contribution in [0.4, 0.5) is 0 Å². The second kappa shape index (κ2) is 7.11. The highest BCUT2D eigenvalue weighted by molar-refractivity contribution is 6.31. The first-order valence-electron chi connectivity index (χ1n) is 6.64. The Balaban J connectivity index is 2.68. The lowest BCUT2D eigenvalue weighted by Crippen LogP contribution is -2.41. The maximum Gasteiger partial charge on any atom is 0.268 e. The van der Waals surface area contributed by atoms with Gasteiger partial charge < -0.3 is 19.7 Å². The van der Waals surface area contributed by atoms with Gasteiger partial charge in [0.2, 0.25) is 0 Å². The molecular formula is C14H23ClN2O3. The van der Waals surface area contributed by atoms with E-state index in [9.17, 15) is 9.90 Å². The molecule has 0 aliphatic heterocycles. The highest BCUT2D eigenvalue weighted by atomic mass is 35.5. The Morgan fingerprint density at radius 3 is 2.80 bits per heavy atom. The predicted molar refractivity (Wildman–Crippen MR) is 79.3 cm³/mol. The van der Waals surface area contributed by atoms with E-state index in [0.717, 1.165) is 0 Å². The largest absolute Gasteiger partial charge is 0.388 e. The molecule has 1 heterocycles. The van der Waals surface area contributed by atoms with E-state index in [1.807, 2.05) is 18.4 Å². The van der Waals surface area contributed by atoms with Crippen LogP contribution in [0, 0.1) is 0 Å². The quantitative estimate of drug-likeness (QED) is 0.812. The highest BCUT2D eigenvalue weighted by Gasteiger charge is 2.22. The summed E-state index contributed by atoms with van der Waals surface area (Å²) in [6.45, 7) is 6.22. The monoisotopic (exact) mass is 302 g/mol. The number of hydrogen-bond donors (Lipinski definition) is 2. The second-order valence-electron chi connectivity index (χ2n) is 5.47. The fourth-order valence-corrected chi connectivity index (χ4v) is 2.03. The van der Waals surface area contributed by atoms with Crippen LogP contribution in [0.15, 0.2) is 12.3 Å². The first kappa shape index (κ1) is 17.0. The molecule has 1 atom stereocenters. The summed E-state index contributed by atoms with van der Waals surface area (Å²) in [6.07, 6.45) is 2.18. The van der Waals surface area contributed by atoms with E-state index in [2.05, 4.69) is 5.32 Å². The number of aliphatic hydroxyl groups is 1. The molecule has 0 bridgehead atoms. The molecule has 0 aromatic carbocycles. The van der Waals surface area contributed by atoms with Gasteiger partial charge in [-0.25, -0.2) is 0 Å². The van der Waals surface area contributed by atoms with Crippen LogP contribution in [-0.4, -0.2) is 41.4 Å². The number of nitrogens with one attached hydrogen (secondary N) is 1. The van der Waals surface area contributed by atoms with Crippen molar-refractivity contribution in [3.05, 3.63) is 23.0 Å². The summed E-state index contributed by atoms with van der Waals surface area (Å²) in [4.78, 5) is 12.2. The van der Waals surface area contributed by atoms with Crippen molar-refractivity contribution in [2.75, 3.05) is 20.3 Å². The molecule has 114 valence electrons. The molecule has 0 radical (unpaired) electrons. The Bertz CT molecular complexity index is 455. The number of carbonyl (C=O) groups is 1. The molecule has 2 N–H and O–H groups in total. The van der Waals surface area contributed by atoms with Gasteiger partial charge in [0.25, 0.3) is 5.91 Å². The van der Waals surface area contributed by atoms with E-state index >= 15 is 0 Å². The molecule has 0 aliphatic rings. The molecule has 5 nitrogen and oxygen atoms in total. The highest BCUT2D eigenvalue weighted by Crippen LogP contribution is 2.19. The number of aromatic nitrogens is 1. The fraction of sp³-hybridized carbons (Fsp3) is 0.643. The summed E-state index contributed by atoms with van der Waals surface area (Å²) in [6, 6.07) is 1.76. The summed E-state index contributed by atoms with van der Waals surface area (Å²) in [5.41, 5.74) is -0.502. The van der Waals surface area contributed by atoms with Crippen molar-refractivity contribution in [3.8, 4) is 0 Å². The Morgan fingerprint density at radius 1 is 1.60 bits per heavy atom. The van der Waals surface area contributed by atoms with Gasteiger partial charge in [0.1, 0.15) is 5.69 Å². The molecule has 0 spiro atoms. The van der Waals surface area contributed by atoms with Crippen molar-refractivity contribution in [2.24, 2.45) is 0 Å². The molecular weight excluding hydrogens is 280 g/mol. The van der Waals surface area contributed by atoms with Crippen LogP contribution in [-0.2, 0) is 4.74 Å². The van der Waals surface area contributed by atoms with Crippen molar-refractivity contribution in [1.29, 1.82) is 0 Å². The van der Waals surface area contributed by atoms with Crippen molar-refractivity contribution in [1.82, 2.24) is 9.88 Å². The third-order valence-electron chi connectivity index (χ3n) is 3.08. The topological polar surface area (TPSA) is 63.5 Å². The standard InChI is InChI=1S/C14H23ClN2O3/c1-10(2)17-8-11(15)7-12(17)13(18)16-9-14(3,19)5-6-20-4/h7-8,10,19H,5-6,9H2,1-4H3,(H,16,18). The van der Waals surface area contributed by atoms with Gasteiger partial charge in [-0.3, -0.25) is 4.79 Å². The lowest BCUT2D eigenvalue weighted by molar-refractivity contribution is 0.0242. The summed E-state index contributed by atoms with van der Waals surface area (Å²) in [5, 5.41) is 13.4. The lowest BCUT2D eigenvalue weighted by Gasteiger charge is -2.23. The van der Waals surface area contributed by atoms with E-state index in [4.69, 9.17) is 16.3 Å². The maximum atomic E-state index is 12.2. The number of hydrogen-bond acceptors (Lipinski definition) is 3. The molecule has 0 saturated carbocycles. The maximum absolute atomic E-state index is 12.2. The average Bonchev–Trinajstić information content (AvgIpc) is 2.76. The smallest absolute Gasteiger partial charge is 0.268 e. The van der Waals surface area contributed by atoms with Crippen LogP contribution in [0.1, 0.15) is 43.7 Å². The summed E-state index contributed by atoms with van der Waals surface area (Å²) in [7, 11) is 1.58. The minimum atomic E-state index is -0.995. The minimum absolute atomic E-state index is 0.136. The Labute approximate surface area is 124 Å². The van der Waals surface area contributed by atoms with Gasteiger partial charge in [-0.15, -0.1) is 0 Å². The molecule has 1 amide bonds. The zero-order chi connectivity index (χ0) is 15.3. The molecule has 0 saturated heterocycles. The van der Waals surface area contributed by atoms with Gasteiger partial charge in [0.05, 0.1) is 10.6 Å². The molecule has 0 fully saturated rings. The van der Waals surface area contributed by atoms with Gasteiger partial charge in [-0.05, 0) is 26.8 Å². The van der Waals surface area contributed by atoms with Crippen molar-refractivity contribution in [3.63, 3.8) is 0 Å². The van der Waals surface area contributed by atoms with E-state index < -0.39 is 5.60 Å². The third kappa shape index (κ3) is 4.81. The minimum Gasteiger partial charge on any atom is -0.388 e.